The van der Waals surface area contributed by atoms with Gasteiger partial charge in [0.1, 0.15) is 0 Å². The predicted octanol–water partition coefficient (Wildman–Crippen LogP) is 4.42. The summed E-state index contributed by atoms with van der Waals surface area (Å²) < 4.78 is 21.7. The van der Waals surface area contributed by atoms with Gasteiger partial charge in [-0.25, -0.2) is 0 Å². The summed E-state index contributed by atoms with van der Waals surface area (Å²) >= 11 is 0. The Bertz CT molecular complexity index is 179. The summed E-state index contributed by atoms with van der Waals surface area (Å²) in [7, 11) is -2.24. The SMILES string of the molecule is CCCCO[PH](=O)OCC(CC)CCCC.[Ni]. The van der Waals surface area contributed by atoms with E-state index in [1.807, 2.05) is 0 Å². The number of hydrogen-bond acceptors (Lipinski definition) is 3. The predicted molar refractivity (Wildman–Crippen MR) is 69.1 cm³/mol. The topological polar surface area (TPSA) is 35.5 Å². The Morgan fingerprint density at radius 3 is 2.24 bits per heavy atom. The van der Waals surface area contributed by atoms with E-state index in [2.05, 4.69) is 20.8 Å². The van der Waals surface area contributed by atoms with Gasteiger partial charge in [-0.1, -0.05) is 46.5 Å². The smallest absolute Gasteiger partial charge is 0.311 e. The molecule has 0 spiro atoms. The van der Waals surface area contributed by atoms with Crippen molar-refractivity contribution in [1.82, 2.24) is 0 Å². The van der Waals surface area contributed by atoms with Gasteiger partial charge in [0, 0.05) is 16.5 Å². The van der Waals surface area contributed by atoms with Crippen LogP contribution in [0.15, 0.2) is 0 Å². The van der Waals surface area contributed by atoms with Crippen molar-refractivity contribution in [3.05, 3.63) is 0 Å². The van der Waals surface area contributed by atoms with E-state index in [1.165, 1.54) is 12.8 Å². The summed E-state index contributed by atoms with van der Waals surface area (Å²) in [6.07, 6.45) is 6.69. The molecule has 0 aliphatic heterocycles. The third-order valence-corrected chi connectivity index (χ3v) is 3.54. The first kappa shape index (κ1) is 20.0. The molecule has 0 amide bonds. The molecule has 0 bridgehead atoms. The van der Waals surface area contributed by atoms with Crippen LogP contribution >= 0.6 is 8.25 Å². The van der Waals surface area contributed by atoms with Gasteiger partial charge in [-0.15, -0.1) is 0 Å². The minimum Gasteiger partial charge on any atom is -0.311 e. The van der Waals surface area contributed by atoms with Crippen LogP contribution in [0.4, 0.5) is 0 Å². The van der Waals surface area contributed by atoms with Crippen molar-refractivity contribution in [2.45, 2.75) is 59.3 Å². The molecule has 0 radical (unpaired) electrons. The second kappa shape index (κ2) is 14.7. The quantitative estimate of drug-likeness (QED) is 0.322. The molecule has 5 heteroatoms. The molecule has 0 fully saturated rings. The molecule has 0 aromatic rings. The van der Waals surface area contributed by atoms with Crippen molar-refractivity contribution < 1.29 is 30.1 Å². The molecule has 0 rings (SSSR count). The van der Waals surface area contributed by atoms with Gasteiger partial charge in [-0.2, -0.15) is 0 Å². The van der Waals surface area contributed by atoms with Crippen molar-refractivity contribution in [2.75, 3.05) is 13.2 Å². The zero-order valence-electron chi connectivity index (χ0n) is 11.3. The molecule has 0 saturated heterocycles. The van der Waals surface area contributed by atoms with Gasteiger partial charge in [-0.3, -0.25) is 4.57 Å². The second-order valence-corrected chi connectivity index (χ2v) is 5.26. The Morgan fingerprint density at radius 1 is 1.06 bits per heavy atom. The van der Waals surface area contributed by atoms with Crippen LogP contribution in [0, 0.1) is 5.92 Å². The van der Waals surface area contributed by atoms with Crippen LogP contribution in [-0.4, -0.2) is 13.2 Å². The van der Waals surface area contributed by atoms with E-state index in [0.29, 0.717) is 19.1 Å². The van der Waals surface area contributed by atoms with Crippen LogP contribution in [0.2, 0.25) is 0 Å². The Labute approximate surface area is 117 Å². The average Bonchev–Trinajstić information content (AvgIpc) is 2.30. The summed E-state index contributed by atoms with van der Waals surface area (Å²) in [6, 6.07) is 0. The minimum atomic E-state index is -2.24. The molecule has 2 unspecified atom stereocenters. The van der Waals surface area contributed by atoms with E-state index in [0.717, 1.165) is 25.7 Å². The first-order valence-corrected chi connectivity index (χ1v) is 7.76. The van der Waals surface area contributed by atoms with E-state index < -0.39 is 8.25 Å². The van der Waals surface area contributed by atoms with Crippen LogP contribution in [-0.2, 0) is 30.1 Å². The minimum absolute atomic E-state index is 0. The van der Waals surface area contributed by atoms with Crippen molar-refractivity contribution in [3.63, 3.8) is 0 Å². The fourth-order valence-electron chi connectivity index (χ4n) is 1.43. The number of rotatable bonds is 11. The standard InChI is InChI=1S/C12H27O3P.Ni/c1-4-7-9-12(6-3)11-15-16(13)14-10-8-5-2;/h12,16H,4-11H2,1-3H3;. The molecular formula is C12H27NiO3P. The average molecular weight is 309 g/mol. The van der Waals surface area contributed by atoms with Gasteiger partial charge in [0.15, 0.2) is 0 Å². The largest absolute Gasteiger partial charge is 0.319 e. The second-order valence-electron chi connectivity index (χ2n) is 4.18. The normalized spacial score (nSPS) is 14.1. The van der Waals surface area contributed by atoms with Crippen molar-refractivity contribution in [2.24, 2.45) is 5.92 Å². The molecule has 108 valence electrons. The molecular weight excluding hydrogens is 282 g/mol. The van der Waals surface area contributed by atoms with Gasteiger partial charge < -0.3 is 9.05 Å². The van der Waals surface area contributed by atoms with Gasteiger partial charge in [0.25, 0.3) is 0 Å². The van der Waals surface area contributed by atoms with Crippen LogP contribution in [0.3, 0.4) is 0 Å². The van der Waals surface area contributed by atoms with E-state index in [9.17, 15) is 4.57 Å². The summed E-state index contributed by atoms with van der Waals surface area (Å²) in [5.41, 5.74) is 0. The molecule has 0 heterocycles. The van der Waals surface area contributed by atoms with Crippen LogP contribution in [0.25, 0.3) is 0 Å². The number of unbranched alkanes of at least 4 members (excludes halogenated alkanes) is 2. The fraction of sp³-hybridized carbons (Fsp3) is 1.00. The van der Waals surface area contributed by atoms with Crippen molar-refractivity contribution in [1.29, 1.82) is 0 Å². The number of hydrogen-bond donors (Lipinski definition) is 0. The van der Waals surface area contributed by atoms with Crippen LogP contribution in [0.1, 0.15) is 59.3 Å². The Kier molecular flexibility index (Phi) is 17.3. The molecule has 0 N–H and O–H groups in total. The van der Waals surface area contributed by atoms with Crippen LogP contribution < -0.4 is 0 Å². The molecule has 0 aromatic heterocycles. The first-order valence-electron chi connectivity index (χ1n) is 6.54. The zero-order valence-corrected chi connectivity index (χ0v) is 13.3. The fourth-order valence-corrected chi connectivity index (χ4v) is 2.19. The van der Waals surface area contributed by atoms with E-state index in [1.54, 1.807) is 0 Å². The maximum Gasteiger partial charge on any atom is 0.319 e. The molecule has 3 nitrogen and oxygen atoms in total. The Balaban J connectivity index is 0. The molecule has 2 atom stereocenters. The first-order chi connectivity index (χ1) is 7.74. The summed E-state index contributed by atoms with van der Waals surface area (Å²) in [4.78, 5) is 0. The third-order valence-electron chi connectivity index (χ3n) is 2.70. The van der Waals surface area contributed by atoms with E-state index in [-0.39, 0.29) is 16.5 Å². The van der Waals surface area contributed by atoms with E-state index in [4.69, 9.17) is 9.05 Å². The summed E-state index contributed by atoms with van der Waals surface area (Å²) in [6.45, 7) is 7.56. The summed E-state index contributed by atoms with van der Waals surface area (Å²) in [5, 5.41) is 0. The third kappa shape index (κ3) is 12.9. The molecule has 0 aliphatic carbocycles. The zero-order chi connectivity index (χ0) is 12.2. The summed E-state index contributed by atoms with van der Waals surface area (Å²) in [5.74, 6) is 0.531. The van der Waals surface area contributed by atoms with Crippen LogP contribution in [0.5, 0.6) is 0 Å². The van der Waals surface area contributed by atoms with Gasteiger partial charge in [0.2, 0.25) is 0 Å². The molecule has 0 aliphatic rings. The Morgan fingerprint density at radius 2 is 1.71 bits per heavy atom. The van der Waals surface area contributed by atoms with Gasteiger partial charge in [0.05, 0.1) is 13.2 Å². The van der Waals surface area contributed by atoms with Crippen molar-refractivity contribution >= 4 is 8.25 Å². The van der Waals surface area contributed by atoms with Crippen molar-refractivity contribution in [3.8, 4) is 0 Å². The van der Waals surface area contributed by atoms with Gasteiger partial charge >= 0.3 is 8.25 Å². The monoisotopic (exact) mass is 308 g/mol. The van der Waals surface area contributed by atoms with E-state index >= 15 is 0 Å². The maximum absolute atomic E-state index is 11.4. The van der Waals surface area contributed by atoms with Gasteiger partial charge in [-0.05, 0) is 18.8 Å². The molecule has 0 aromatic carbocycles. The maximum atomic E-state index is 11.4. The Hall–Kier alpha value is 0.644. The molecule has 17 heavy (non-hydrogen) atoms. The molecule has 0 saturated carbocycles.